The van der Waals surface area contributed by atoms with Crippen LogP contribution in [-0.2, 0) is 4.74 Å². The number of ether oxygens (including phenoxy) is 1. The van der Waals surface area contributed by atoms with Crippen molar-refractivity contribution in [3.8, 4) is 17.2 Å². The van der Waals surface area contributed by atoms with Gasteiger partial charge in [-0.05, 0) is 30.7 Å². The van der Waals surface area contributed by atoms with Gasteiger partial charge in [0, 0.05) is 34.5 Å². The van der Waals surface area contributed by atoms with Gasteiger partial charge in [-0.3, -0.25) is 4.79 Å². The molecule has 1 N–H and O–H groups in total. The molecule has 1 aliphatic heterocycles. The van der Waals surface area contributed by atoms with Crippen LogP contribution in [0.15, 0.2) is 33.5 Å². The minimum absolute atomic E-state index is 0.135. The number of nitrogens with zero attached hydrogens (tertiary/aromatic N) is 2. The maximum Gasteiger partial charge on any atom is 0.266 e. The SMILES string of the molecule is Cc1cc(-c2ccc(N3CCOCC3)cc2Br)c(C#N)c(=O)[nH]1. The minimum Gasteiger partial charge on any atom is -0.378 e. The first-order valence-electron chi connectivity index (χ1n) is 7.37. The lowest BCUT2D eigenvalue weighted by molar-refractivity contribution is 0.122. The Morgan fingerprint density at radius 1 is 1.26 bits per heavy atom. The van der Waals surface area contributed by atoms with E-state index in [1.165, 1.54) is 0 Å². The standard InChI is InChI=1S/C17H16BrN3O2/c1-11-8-14(15(10-19)17(22)20-11)13-3-2-12(9-16(13)18)21-4-6-23-7-5-21/h2-3,8-9H,4-7H2,1H3,(H,20,22). The molecule has 1 saturated heterocycles. The molecular formula is C17H16BrN3O2. The third-order valence-corrected chi connectivity index (χ3v) is 4.55. The number of anilines is 1. The van der Waals surface area contributed by atoms with Crippen molar-refractivity contribution in [1.29, 1.82) is 5.26 Å². The Hall–Kier alpha value is -2.10. The van der Waals surface area contributed by atoms with Gasteiger partial charge in [0.2, 0.25) is 0 Å². The van der Waals surface area contributed by atoms with Crippen LogP contribution in [0.1, 0.15) is 11.3 Å². The number of pyridine rings is 1. The summed E-state index contributed by atoms with van der Waals surface area (Å²) in [5.74, 6) is 0. The third kappa shape index (κ3) is 3.16. The van der Waals surface area contributed by atoms with Gasteiger partial charge in [0.1, 0.15) is 11.6 Å². The molecular weight excluding hydrogens is 358 g/mol. The number of hydrogen-bond donors (Lipinski definition) is 1. The first kappa shape index (κ1) is 15.8. The number of hydrogen-bond acceptors (Lipinski definition) is 4. The monoisotopic (exact) mass is 373 g/mol. The molecule has 0 aliphatic carbocycles. The van der Waals surface area contributed by atoms with Crippen LogP contribution in [0.3, 0.4) is 0 Å². The number of nitriles is 1. The average Bonchev–Trinajstić information content (AvgIpc) is 2.55. The van der Waals surface area contributed by atoms with Crippen LogP contribution >= 0.6 is 15.9 Å². The van der Waals surface area contributed by atoms with Gasteiger partial charge in [0.05, 0.1) is 13.2 Å². The lowest BCUT2D eigenvalue weighted by Crippen LogP contribution is -2.36. The molecule has 1 fully saturated rings. The predicted molar refractivity (Wildman–Crippen MR) is 92.7 cm³/mol. The molecule has 5 nitrogen and oxygen atoms in total. The van der Waals surface area contributed by atoms with E-state index in [-0.39, 0.29) is 11.1 Å². The Morgan fingerprint density at radius 3 is 2.65 bits per heavy atom. The molecule has 0 amide bonds. The van der Waals surface area contributed by atoms with Crippen molar-refractivity contribution in [2.75, 3.05) is 31.2 Å². The number of aromatic nitrogens is 1. The van der Waals surface area contributed by atoms with Gasteiger partial charge in [-0.25, -0.2) is 0 Å². The number of benzene rings is 1. The number of morpholine rings is 1. The molecule has 0 spiro atoms. The summed E-state index contributed by atoms with van der Waals surface area (Å²) in [5, 5.41) is 9.29. The first-order chi connectivity index (χ1) is 11.1. The highest BCUT2D eigenvalue weighted by Crippen LogP contribution is 2.33. The van der Waals surface area contributed by atoms with Gasteiger partial charge < -0.3 is 14.6 Å². The normalized spacial score (nSPS) is 14.6. The molecule has 1 aromatic carbocycles. The second kappa shape index (κ2) is 6.57. The molecule has 0 atom stereocenters. The first-order valence-corrected chi connectivity index (χ1v) is 8.16. The molecule has 1 aromatic heterocycles. The second-order valence-corrected chi connectivity index (χ2v) is 6.30. The summed E-state index contributed by atoms with van der Waals surface area (Å²) in [6.07, 6.45) is 0. The quantitative estimate of drug-likeness (QED) is 0.878. The van der Waals surface area contributed by atoms with Gasteiger partial charge >= 0.3 is 0 Å². The van der Waals surface area contributed by atoms with Crippen LogP contribution in [0.2, 0.25) is 0 Å². The number of nitrogens with one attached hydrogen (secondary N) is 1. The summed E-state index contributed by atoms with van der Waals surface area (Å²) in [6.45, 7) is 4.98. The largest absolute Gasteiger partial charge is 0.378 e. The summed E-state index contributed by atoms with van der Waals surface area (Å²) in [7, 11) is 0. The molecule has 0 radical (unpaired) electrons. The fourth-order valence-corrected chi connectivity index (χ4v) is 3.33. The highest BCUT2D eigenvalue weighted by Gasteiger charge is 2.16. The molecule has 0 unspecified atom stereocenters. The van der Waals surface area contributed by atoms with Crippen LogP contribution < -0.4 is 10.5 Å². The predicted octanol–water partition coefficient (Wildman–Crippen LogP) is 2.82. The zero-order valence-electron chi connectivity index (χ0n) is 12.7. The van der Waals surface area contributed by atoms with Crippen molar-refractivity contribution < 1.29 is 4.74 Å². The van der Waals surface area contributed by atoms with Crippen LogP contribution in [0.4, 0.5) is 5.69 Å². The minimum atomic E-state index is -0.355. The highest BCUT2D eigenvalue weighted by molar-refractivity contribution is 9.10. The molecule has 23 heavy (non-hydrogen) atoms. The molecule has 0 bridgehead atoms. The van der Waals surface area contributed by atoms with E-state index in [4.69, 9.17) is 4.74 Å². The number of H-pyrrole nitrogens is 1. The molecule has 6 heteroatoms. The summed E-state index contributed by atoms with van der Waals surface area (Å²) in [5.41, 5.74) is 3.10. The summed E-state index contributed by atoms with van der Waals surface area (Å²) < 4.78 is 6.24. The average molecular weight is 374 g/mol. The number of halogens is 1. The van der Waals surface area contributed by atoms with Crippen LogP contribution in [0.25, 0.3) is 11.1 Å². The van der Waals surface area contributed by atoms with Crippen molar-refractivity contribution in [2.45, 2.75) is 6.92 Å². The van der Waals surface area contributed by atoms with E-state index in [1.54, 1.807) is 0 Å². The smallest absolute Gasteiger partial charge is 0.266 e. The Kier molecular flexibility index (Phi) is 4.51. The second-order valence-electron chi connectivity index (χ2n) is 5.45. The lowest BCUT2D eigenvalue weighted by atomic mass is 10.0. The zero-order valence-corrected chi connectivity index (χ0v) is 14.3. The highest BCUT2D eigenvalue weighted by atomic mass is 79.9. The van der Waals surface area contributed by atoms with Crippen molar-refractivity contribution in [3.05, 3.63) is 50.3 Å². The van der Waals surface area contributed by atoms with E-state index < -0.39 is 0 Å². The Labute approximate surface area is 142 Å². The number of rotatable bonds is 2. The molecule has 3 rings (SSSR count). The Morgan fingerprint density at radius 2 is 2.00 bits per heavy atom. The van der Waals surface area contributed by atoms with Gasteiger partial charge in [-0.2, -0.15) is 5.26 Å². The number of aromatic amines is 1. The molecule has 2 aromatic rings. The van der Waals surface area contributed by atoms with Crippen LogP contribution in [0, 0.1) is 18.3 Å². The molecule has 118 valence electrons. The van der Waals surface area contributed by atoms with Gasteiger partial charge in [-0.15, -0.1) is 0 Å². The van der Waals surface area contributed by atoms with Crippen LogP contribution in [0.5, 0.6) is 0 Å². The van der Waals surface area contributed by atoms with E-state index in [1.807, 2.05) is 37.3 Å². The zero-order chi connectivity index (χ0) is 16.4. The van der Waals surface area contributed by atoms with Crippen molar-refractivity contribution in [2.24, 2.45) is 0 Å². The van der Waals surface area contributed by atoms with E-state index >= 15 is 0 Å². The maximum absolute atomic E-state index is 12.0. The molecule has 2 heterocycles. The molecule has 0 saturated carbocycles. The van der Waals surface area contributed by atoms with Gasteiger partial charge in [-0.1, -0.05) is 22.0 Å². The van der Waals surface area contributed by atoms with E-state index in [0.29, 0.717) is 5.56 Å². The van der Waals surface area contributed by atoms with E-state index in [0.717, 1.165) is 47.7 Å². The van der Waals surface area contributed by atoms with Crippen LogP contribution in [-0.4, -0.2) is 31.3 Å². The lowest BCUT2D eigenvalue weighted by Gasteiger charge is -2.29. The summed E-state index contributed by atoms with van der Waals surface area (Å²) in [4.78, 5) is 16.9. The van der Waals surface area contributed by atoms with E-state index in [9.17, 15) is 10.1 Å². The summed E-state index contributed by atoms with van der Waals surface area (Å²) in [6, 6.07) is 9.82. The maximum atomic E-state index is 12.0. The Bertz CT molecular complexity index is 833. The molecule has 1 aliphatic rings. The fourth-order valence-electron chi connectivity index (χ4n) is 2.75. The number of aryl methyl sites for hydroxylation is 1. The van der Waals surface area contributed by atoms with Crippen molar-refractivity contribution >= 4 is 21.6 Å². The van der Waals surface area contributed by atoms with Gasteiger partial charge in [0.15, 0.2) is 0 Å². The van der Waals surface area contributed by atoms with Gasteiger partial charge in [0.25, 0.3) is 5.56 Å². The van der Waals surface area contributed by atoms with Crippen molar-refractivity contribution in [1.82, 2.24) is 4.98 Å². The van der Waals surface area contributed by atoms with E-state index in [2.05, 4.69) is 25.8 Å². The third-order valence-electron chi connectivity index (χ3n) is 3.90. The fraction of sp³-hybridized carbons (Fsp3) is 0.294. The Balaban J connectivity index is 2.05. The van der Waals surface area contributed by atoms with Crippen molar-refractivity contribution in [3.63, 3.8) is 0 Å². The summed E-state index contributed by atoms with van der Waals surface area (Å²) >= 11 is 3.58. The topological polar surface area (TPSA) is 69.1 Å².